The third kappa shape index (κ3) is 4.69. The molecule has 0 atom stereocenters. The van der Waals surface area contributed by atoms with Crippen LogP contribution in [-0.4, -0.2) is 17.6 Å². The number of nitrogens with two attached hydrogens (primary N) is 1. The molecule has 0 spiro atoms. The molecular weight excluding hydrogens is 435 g/mol. The minimum Gasteiger partial charge on any atom is -0.492 e. The number of benzene rings is 2. The van der Waals surface area contributed by atoms with Gasteiger partial charge < -0.3 is 19.9 Å². The highest BCUT2D eigenvalue weighted by molar-refractivity contribution is 5.90. The zero-order chi connectivity index (χ0) is 24.5. The minimum atomic E-state index is -0.671. The number of rotatable bonds is 5. The van der Waals surface area contributed by atoms with Crippen molar-refractivity contribution in [3.63, 3.8) is 0 Å². The third-order valence-electron chi connectivity index (χ3n) is 5.24. The van der Waals surface area contributed by atoms with Crippen molar-refractivity contribution in [2.24, 2.45) is 11.1 Å². The molecule has 3 aromatic rings. The first kappa shape index (κ1) is 22.8. The molecule has 3 N–H and O–H groups in total. The van der Waals surface area contributed by atoms with Gasteiger partial charge >= 0.3 is 0 Å². The lowest BCUT2D eigenvalue weighted by Crippen LogP contribution is -2.19. The Kier molecular flexibility index (Phi) is 5.95. The van der Waals surface area contributed by atoms with Crippen molar-refractivity contribution in [2.75, 3.05) is 6.61 Å². The number of nitrogens with one attached hydrogen (secondary N) is 1. The van der Waals surface area contributed by atoms with Crippen LogP contribution < -0.4 is 15.2 Å². The molecular formula is C26H23FN4O3. The smallest absolute Gasteiger partial charge is 0.284 e. The molecule has 1 aliphatic rings. The standard InChI is InChI=1S/C26H23FN4O3/c1-15-4-5-16(11-31-15)17-8-20-21(12-32-25(29)30)19-10-18(33-14-26(2,3)13-28)6-7-23(19)34-24(20)22(27)9-17/h4-12H,14H2,1-3H3,(H3,29,30). The van der Waals surface area contributed by atoms with Gasteiger partial charge in [-0.1, -0.05) is 6.07 Å². The van der Waals surface area contributed by atoms with Gasteiger partial charge in [0.2, 0.25) is 0 Å². The summed E-state index contributed by atoms with van der Waals surface area (Å²) in [7, 11) is 0. The summed E-state index contributed by atoms with van der Waals surface area (Å²) in [6.45, 7) is 5.61. The van der Waals surface area contributed by atoms with E-state index in [4.69, 9.17) is 25.4 Å². The Morgan fingerprint density at radius 2 is 2.00 bits per heavy atom. The van der Waals surface area contributed by atoms with Crippen molar-refractivity contribution < 1.29 is 18.6 Å². The van der Waals surface area contributed by atoms with Crippen molar-refractivity contribution in [1.82, 2.24) is 4.98 Å². The molecule has 0 radical (unpaired) electrons. The molecule has 2 heterocycles. The van der Waals surface area contributed by atoms with E-state index in [1.165, 1.54) is 12.3 Å². The maximum atomic E-state index is 15.2. The molecule has 4 rings (SSSR count). The van der Waals surface area contributed by atoms with Crippen molar-refractivity contribution in [3.8, 4) is 34.4 Å². The Bertz CT molecular complexity index is 1340. The van der Waals surface area contributed by atoms with Crippen LogP contribution in [0, 0.1) is 34.9 Å². The van der Waals surface area contributed by atoms with Crippen molar-refractivity contribution in [1.29, 1.82) is 10.7 Å². The second-order valence-electron chi connectivity index (χ2n) is 8.58. The second kappa shape index (κ2) is 8.87. The number of nitrogens with zero attached hydrogens (tertiary/aromatic N) is 2. The Morgan fingerprint density at radius 1 is 1.21 bits per heavy atom. The Balaban J connectivity index is 1.81. The van der Waals surface area contributed by atoms with Gasteiger partial charge in [-0.2, -0.15) is 5.26 Å². The average Bonchev–Trinajstić information content (AvgIpc) is 2.81. The number of nitriles is 1. The summed E-state index contributed by atoms with van der Waals surface area (Å²) in [5, 5.41) is 16.7. The molecule has 1 aliphatic heterocycles. The van der Waals surface area contributed by atoms with E-state index in [0.29, 0.717) is 33.8 Å². The van der Waals surface area contributed by atoms with E-state index in [1.54, 1.807) is 44.3 Å². The normalized spacial score (nSPS) is 13.3. The van der Waals surface area contributed by atoms with Crippen LogP contribution in [0.15, 0.2) is 54.9 Å². The summed E-state index contributed by atoms with van der Waals surface area (Å²) in [6.07, 6.45) is 2.97. The Labute approximate surface area is 196 Å². The molecule has 2 aromatic carbocycles. The monoisotopic (exact) mass is 458 g/mol. The predicted octanol–water partition coefficient (Wildman–Crippen LogP) is 5.53. The van der Waals surface area contributed by atoms with Crippen LogP contribution in [0.2, 0.25) is 0 Å². The van der Waals surface area contributed by atoms with Gasteiger partial charge in [0.05, 0.1) is 11.5 Å². The molecule has 0 bridgehead atoms. The predicted molar refractivity (Wildman–Crippen MR) is 126 cm³/mol. The maximum Gasteiger partial charge on any atom is 0.284 e. The molecule has 8 heteroatoms. The molecule has 0 unspecified atom stereocenters. The molecule has 0 amide bonds. The second-order valence-corrected chi connectivity index (χ2v) is 8.58. The fourth-order valence-electron chi connectivity index (χ4n) is 3.40. The minimum absolute atomic E-state index is 0.0361. The first-order valence-electron chi connectivity index (χ1n) is 10.5. The maximum absolute atomic E-state index is 15.2. The topological polar surface area (TPSA) is 114 Å². The van der Waals surface area contributed by atoms with Gasteiger partial charge in [0.1, 0.15) is 24.4 Å². The number of hydrogen-bond acceptors (Lipinski definition) is 6. The van der Waals surface area contributed by atoms with Gasteiger partial charge in [0.25, 0.3) is 6.02 Å². The first-order chi connectivity index (χ1) is 16.2. The van der Waals surface area contributed by atoms with Crippen molar-refractivity contribution in [3.05, 3.63) is 77.6 Å². The molecule has 0 aliphatic carbocycles. The van der Waals surface area contributed by atoms with E-state index in [-0.39, 0.29) is 12.4 Å². The number of hydrogen-bond donors (Lipinski definition) is 2. The molecule has 0 fully saturated rings. The number of aryl methyl sites for hydroxylation is 1. The van der Waals surface area contributed by atoms with Crippen LogP contribution in [-0.2, 0) is 4.74 Å². The number of amidine groups is 1. The lowest BCUT2D eigenvalue weighted by Gasteiger charge is -2.25. The van der Waals surface area contributed by atoms with Crippen LogP contribution in [0.4, 0.5) is 4.39 Å². The summed E-state index contributed by atoms with van der Waals surface area (Å²) in [6, 6.07) is 13.6. The summed E-state index contributed by atoms with van der Waals surface area (Å²) >= 11 is 0. The summed E-state index contributed by atoms with van der Waals surface area (Å²) < 4.78 is 32.1. The van der Waals surface area contributed by atoms with E-state index < -0.39 is 17.3 Å². The largest absolute Gasteiger partial charge is 0.492 e. The summed E-state index contributed by atoms with van der Waals surface area (Å²) in [4.78, 5) is 4.29. The van der Waals surface area contributed by atoms with E-state index >= 15 is 4.39 Å². The third-order valence-corrected chi connectivity index (χ3v) is 5.24. The van der Waals surface area contributed by atoms with Crippen LogP contribution in [0.5, 0.6) is 17.2 Å². The van der Waals surface area contributed by atoms with Gasteiger partial charge in [-0.05, 0) is 62.7 Å². The zero-order valence-electron chi connectivity index (χ0n) is 19.0. The van der Waals surface area contributed by atoms with E-state index in [1.807, 2.05) is 19.1 Å². The van der Waals surface area contributed by atoms with Crippen LogP contribution >= 0.6 is 0 Å². The highest BCUT2D eigenvalue weighted by atomic mass is 19.1. The number of halogens is 1. The zero-order valence-corrected chi connectivity index (χ0v) is 19.0. The fraction of sp³-hybridized carbons (Fsp3) is 0.192. The number of fused-ring (bicyclic) bond motifs is 2. The molecule has 0 saturated carbocycles. The quantitative estimate of drug-likeness (QED) is 0.231. The summed E-state index contributed by atoms with van der Waals surface area (Å²) in [5.41, 5.74) is 8.39. The molecule has 1 aromatic heterocycles. The number of aromatic nitrogens is 1. The Hall–Kier alpha value is -4.38. The van der Waals surface area contributed by atoms with E-state index in [0.717, 1.165) is 11.3 Å². The van der Waals surface area contributed by atoms with Crippen LogP contribution in [0.1, 0.15) is 30.7 Å². The van der Waals surface area contributed by atoms with Gasteiger partial charge in [0, 0.05) is 34.2 Å². The fourth-order valence-corrected chi connectivity index (χ4v) is 3.40. The highest BCUT2D eigenvalue weighted by Crippen LogP contribution is 2.47. The first-order valence-corrected chi connectivity index (χ1v) is 10.5. The summed E-state index contributed by atoms with van der Waals surface area (Å²) in [5.74, 6) is 0.376. The van der Waals surface area contributed by atoms with Gasteiger partial charge in [-0.25, -0.2) is 4.39 Å². The number of ether oxygens (including phenoxy) is 3. The lowest BCUT2D eigenvalue weighted by molar-refractivity contribution is 0.227. The van der Waals surface area contributed by atoms with Crippen LogP contribution in [0.3, 0.4) is 0 Å². The van der Waals surface area contributed by atoms with Crippen LogP contribution in [0.25, 0.3) is 16.7 Å². The molecule has 34 heavy (non-hydrogen) atoms. The van der Waals surface area contributed by atoms with E-state index in [9.17, 15) is 5.26 Å². The van der Waals surface area contributed by atoms with E-state index in [2.05, 4.69) is 11.1 Å². The highest BCUT2D eigenvalue weighted by Gasteiger charge is 2.27. The van der Waals surface area contributed by atoms with Gasteiger partial charge in [-0.3, -0.25) is 10.4 Å². The number of pyridine rings is 1. The Morgan fingerprint density at radius 3 is 2.68 bits per heavy atom. The lowest BCUT2D eigenvalue weighted by atomic mass is 9.92. The van der Waals surface area contributed by atoms with Crippen molar-refractivity contribution >= 4 is 11.6 Å². The average molecular weight is 458 g/mol. The molecule has 7 nitrogen and oxygen atoms in total. The van der Waals surface area contributed by atoms with Crippen molar-refractivity contribution in [2.45, 2.75) is 20.8 Å². The SMILES string of the molecule is Cc1ccc(-c2cc(F)c3c(c2)C(=COC(=N)N)c2cc(OCC(C)(C)C#N)ccc2O3)cn1. The van der Waals surface area contributed by atoms with Gasteiger partial charge in [-0.15, -0.1) is 0 Å². The van der Waals surface area contributed by atoms with Gasteiger partial charge in [0.15, 0.2) is 11.6 Å². The molecule has 172 valence electrons. The molecule has 0 saturated heterocycles.